The van der Waals surface area contributed by atoms with E-state index in [1.165, 1.54) is 5.56 Å². The summed E-state index contributed by atoms with van der Waals surface area (Å²) >= 11 is 7.33. The Balaban J connectivity index is 2.76. The van der Waals surface area contributed by atoms with Gasteiger partial charge in [-0.3, -0.25) is 0 Å². The van der Waals surface area contributed by atoms with Crippen LogP contribution in [0.25, 0.3) is 0 Å². The third kappa shape index (κ3) is 4.67. The van der Waals surface area contributed by atoms with Gasteiger partial charge in [-0.05, 0) is 32.8 Å². The summed E-state index contributed by atoms with van der Waals surface area (Å²) < 4.78 is 5.87. The number of alkyl halides is 2. The molecule has 0 aliphatic rings. The lowest BCUT2D eigenvalue weighted by Gasteiger charge is -2.32. The third-order valence-electron chi connectivity index (χ3n) is 3.01. The molecule has 0 heterocycles. The molecule has 0 spiro atoms. The highest BCUT2D eigenvalue weighted by Crippen LogP contribution is 2.32. The first-order valence-electron chi connectivity index (χ1n) is 6.25. The third-order valence-corrected chi connectivity index (χ3v) is 5.16. The molecule has 0 radical (unpaired) electrons. The lowest BCUT2D eigenvalue weighted by molar-refractivity contribution is -0.00940. The second-order valence-corrected chi connectivity index (χ2v) is 6.75. The van der Waals surface area contributed by atoms with E-state index in [0.29, 0.717) is 0 Å². The van der Waals surface area contributed by atoms with Crippen molar-refractivity contribution < 1.29 is 4.74 Å². The minimum atomic E-state index is -0.0684. The first kappa shape index (κ1) is 16.2. The molecule has 102 valence electrons. The SMILES string of the molecule is CC(C)(C)OCCC(CBr)(CBr)c1ccccc1. The largest absolute Gasteiger partial charge is 0.376 e. The van der Waals surface area contributed by atoms with Crippen molar-refractivity contribution >= 4 is 31.9 Å². The molecular weight excluding hydrogens is 356 g/mol. The Morgan fingerprint density at radius 2 is 1.56 bits per heavy atom. The van der Waals surface area contributed by atoms with Gasteiger partial charge >= 0.3 is 0 Å². The van der Waals surface area contributed by atoms with Crippen molar-refractivity contribution in [2.24, 2.45) is 0 Å². The fourth-order valence-electron chi connectivity index (χ4n) is 1.81. The monoisotopic (exact) mass is 376 g/mol. The summed E-state index contributed by atoms with van der Waals surface area (Å²) in [7, 11) is 0. The maximum absolute atomic E-state index is 5.87. The Morgan fingerprint density at radius 3 is 2.00 bits per heavy atom. The Labute approximate surface area is 128 Å². The standard InChI is InChI=1S/C15H22Br2O/c1-14(2,3)18-10-9-15(11-16,12-17)13-7-5-4-6-8-13/h4-8H,9-12H2,1-3H3. The quantitative estimate of drug-likeness (QED) is 0.639. The second kappa shape index (κ2) is 7.06. The van der Waals surface area contributed by atoms with Crippen LogP contribution in [-0.4, -0.2) is 22.9 Å². The fourth-order valence-corrected chi connectivity index (χ4v) is 3.95. The van der Waals surface area contributed by atoms with Crippen LogP contribution in [-0.2, 0) is 10.2 Å². The zero-order valence-electron chi connectivity index (χ0n) is 11.4. The summed E-state index contributed by atoms with van der Waals surface area (Å²) in [5.74, 6) is 0. The van der Waals surface area contributed by atoms with Gasteiger partial charge in [0.15, 0.2) is 0 Å². The summed E-state index contributed by atoms with van der Waals surface area (Å²) in [6.45, 7) is 7.06. The van der Waals surface area contributed by atoms with Gasteiger partial charge in [-0.15, -0.1) is 0 Å². The van der Waals surface area contributed by atoms with E-state index in [1.54, 1.807) is 0 Å². The molecule has 0 saturated heterocycles. The van der Waals surface area contributed by atoms with Gasteiger partial charge in [0, 0.05) is 22.7 Å². The highest BCUT2D eigenvalue weighted by Gasteiger charge is 2.30. The first-order chi connectivity index (χ1) is 8.43. The van der Waals surface area contributed by atoms with E-state index in [1.807, 2.05) is 0 Å². The van der Waals surface area contributed by atoms with E-state index in [2.05, 4.69) is 83.0 Å². The number of hydrogen-bond acceptors (Lipinski definition) is 1. The van der Waals surface area contributed by atoms with Crippen LogP contribution in [0.5, 0.6) is 0 Å². The van der Waals surface area contributed by atoms with Crippen LogP contribution in [0.3, 0.4) is 0 Å². The number of hydrogen-bond donors (Lipinski definition) is 0. The van der Waals surface area contributed by atoms with Gasteiger partial charge in [0.05, 0.1) is 5.60 Å². The smallest absolute Gasteiger partial charge is 0.0598 e. The molecule has 1 nitrogen and oxygen atoms in total. The molecule has 0 amide bonds. The summed E-state index contributed by atoms with van der Waals surface area (Å²) in [4.78, 5) is 0. The number of halogens is 2. The predicted octanol–water partition coefficient (Wildman–Crippen LogP) is 4.92. The molecule has 3 heteroatoms. The van der Waals surface area contributed by atoms with Crippen LogP contribution >= 0.6 is 31.9 Å². The van der Waals surface area contributed by atoms with E-state index in [9.17, 15) is 0 Å². The molecule has 0 aromatic heterocycles. The van der Waals surface area contributed by atoms with E-state index in [0.717, 1.165) is 23.7 Å². The molecule has 0 atom stereocenters. The first-order valence-corrected chi connectivity index (χ1v) is 8.49. The lowest BCUT2D eigenvalue weighted by Crippen LogP contribution is -2.33. The molecule has 0 saturated carbocycles. The van der Waals surface area contributed by atoms with Crippen LogP contribution in [0.2, 0.25) is 0 Å². The molecule has 0 unspecified atom stereocenters. The van der Waals surface area contributed by atoms with Gasteiger partial charge in [0.1, 0.15) is 0 Å². The van der Waals surface area contributed by atoms with Gasteiger partial charge < -0.3 is 4.74 Å². The van der Waals surface area contributed by atoms with E-state index in [4.69, 9.17) is 4.74 Å². The predicted molar refractivity (Wildman–Crippen MR) is 86.0 cm³/mol. The molecule has 18 heavy (non-hydrogen) atoms. The molecule has 0 N–H and O–H groups in total. The van der Waals surface area contributed by atoms with Crippen molar-refractivity contribution in [3.05, 3.63) is 35.9 Å². The molecule has 0 bridgehead atoms. The van der Waals surface area contributed by atoms with Crippen molar-refractivity contribution in [2.75, 3.05) is 17.3 Å². The highest BCUT2D eigenvalue weighted by molar-refractivity contribution is 9.09. The molecule has 0 aliphatic heterocycles. The van der Waals surface area contributed by atoms with Gasteiger partial charge in [-0.25, -0.2) is 0 Å². The average molecular weight is 378 g/mol. The second-order valence-electron chi connectivity index (χ2n) is 5.62. The Kier molecular flexibility index (Phi) is 6.36. The molecular formula is C15H22Br2O. The van der Waals surface area contributed by atoms with Crippen LogP contribution < -0.4 is 0 Å². The fraction of sp³-hybridized carbons (Fsp3) is 0.600. The molecule has 0 aliphatic carbocycles. The Morgan fingerprint density at radius 1 is 1.00 bits per heavy atom. The summed E-state index contributed by atoms with van der Waals surface area (Å²) in [5.41, 5.74) is 1.39. The van der Waals surface area contributed by atoms with E-state index in [-0.39, 0.29) is 11.0 Å². The maximum Gasteiger partial charge on any atom is 0.0598 e. The van der Waals surface area contributed by atoms with Gasteiger partial charge in [-0.1, -0.05) is 62.2 Å². The molecule has 1 aromatic carbocycles. The van der Waals surface area contributed by atoms with Crippen molar-refractivity contribution in [2.45, 2.75) is 38.2 Å². The van der Waals surface area contributed by atoms with Crippen molar-refractivity contribution in [1.82, 2.24) is 0 Å². The zero-order valence-corrected chi connectivity index (χ0v) is 14.6. The van der Waals surface area contributed by atoms with Crippen LogP contribution in [0.1, 0.15) is 32.8 Å². The van der Waals surface area contributed by atoms with Crippen molar-refractivity contribution in [3.8, 4) is 0 Å². The van der Waals surface area contributed by atoms with Gasteiger partial charge in [-0.2, -0.15) is 0 Å². The number of rotatable bonds is 6. The van der Waals surface area contributed by atoms with Crippen LogP contribution in [0, 0.1) is 0 Å². The van der Waals surface area contributed by atoms with E-state index < -0.39 is 0 Å². The summed E-state index contributed by atoms with van der Waals surface area (Å²) in [5, 5.41) is 1.87. The van der Waals surface area contributed by atoms with Gasteiger partial charge in [0.25, 0.3) is 0 Å². The Hall–Kier alpha value is 0.140. The van der Waals surface area contributed by atoms with Crippen LogP contribution in [0.4, 0.5) is 0 Å². The van der Waals surface area contributed by atoms with E-state index >= 15 is 0 Å². The minimum Gasteiger partial charge on any atom is -0.376 e. The lowest BCUT2D eigenvalue weighted by atomic mass is 9.82. The maximum atomic E-state index is 5.87. The zero-order chi connectivity index (χ0) is 13.6. The normalized spacial score (nSPS) is 12.7. The average Bonchev–Trinajstić information content (AvgIpc) is 2.35. The van der Waals surface area contributed by atoms with Crippen molar-refractivity contribution in [3.63, 3.8) is 0 Å². The van der Waals surface area contributed by atoms with Crippen molar-refractivity contribution in [1.29, 1.82) is 0 Å². The summed E-state index contributed by atoms with van der Waals surface area (Å²) in [6.07, 6.45) is 1.00. The highest BCUT2D eigenvalue weighted by atomic mass is 79.9. The topological polar surface area (TPSA) is 9.23 Å². The molecule has 1 rings (SSSR count). The summed E-state index contributed by atoms with van der Waals surface area (Å²) in [6, 6.07) is 10.6. The molecule has 0 fully saturated rings. The van der Waals surface area contributed by atoms with Gasteiger partial charge in [0.2, 0.25) is 0 Å². The number of benzene rings is 1. The Bertz CT molecular complexity index is 339. The molecule has 1 aromatic rings. The minimum absolute atomic E-state index is 0.0684. The van der Waals surface area contributed by atoms with Crippen LogP contribution in [0.15, 0.2) is 30.3 Å². The number of ether oxygens (including phenoxy) is 1.